The normalized spacial score (nSPS) is 18.5. The number of aromatic nitrogens is 3. The van der Waals surface area contributed by atoms with Crippen molar-refractivity contribution in [3.8, 4) is 0 Å². The molecule has 2 aromatic heterocycles. The van der Waals surface area contributed by atoms with Gasteiger partial charge in [0.25, 0.3) is 0 Å². The first-order chi connectivity index (χ1) is 14.5. The van der Waals surface area contributed by atoms with Gasteiger partial charge in [-0.3, -0.25) is 4.79 Å². The molecule has 162 valence electrons. The number of thiophene rings is 1. The molecule has 4 rings (SSSR count). The molecule has 0 spiro atoms. The molecule has 1 aliphatic carbocycles. The van der Waals surface area contributed by atoms with Crippen molar-refractivity contribution < 1.29 is 19.1 Å². The smallest absolute Gasteiger partial charge is 0.341 e. The number of ether oxygens (including phenoxy) is 2. The van der Waals surface area contributed by atoms with E-state index < -0.39 is 5.97 Å². The lowest BCUT2D eigenvalue weighted by Gasteiger charge is -2.14. The maximum Gasteiger partial charge on any atom is 0.341 e. The van der Waals surface area contributed by atoms with Crippen LogP contribution in [0.1, 0.15) is 59.6 Å². The van der Waals surface area contributed by atoms with Crippen molar-refractivity contribution in [2.75, 3.05) is 24.3 Å². The van der Waals surface area contributed by atoms with Crippen LogP contribution in [-0.4, -0.2) is 51.7 Å². The van der Waals surface area contributed by atoms with Gasteiger partial charge >= 0.3 is 5.97 Å². The second kappa shape index (κ2) is 9.49. The zero-order chi connectivity index (χ0) is 21.1. The number of hydrogen-bond donors (Lipinski definition) is 1. The van der Waals surface area contributed by atoms with Crippen LogP contribution in [0.2, 0.25) is 0 Å². The fourth-order valence-corrected chi connectivity index (χ4v) is 5.14. The number of aryl methyl sites for hydroxylation is 1. The number of hydrogen-bond acceptors (Lipinski definition) is 8. The molecule has 1 atom stereocenters. The lowest BCUT2D eigenvalue weighted by molar-refractivity contribution is -0.113. The van der Waals surface area contributed by atoms with E-state index in [9.17, 15) is 9.59 Å². The number of nitrogens with one attached hydrogen (secondary N) is 1. The fourth-order valence-electron chi connectivity index (χ4n) is 3.47. The van der Waals surface area contributed by atoms with E-state index in [1.807, 2.05) is 6.92 Å². The van der Waals surface area contributed by atoms with Crippen molar-refractivity contribution in [3.05, 3.63) is 22.3 Å². The van der Waals surface area contributed by atoms with E-state index >= 15 is 0 Å². The highest BCUT2D eigenvalue weighted by Crippen LogP contribution is 2.40. The van der Waals surface area contributed by atoms with Crippen molar-refractivity contribution in [1.29, 1.82) is 0 Å². The zero-order valence-corrected chi connectivity index (χ0v) is 18.8. The van der Waals surface area contributed by atoms with Gasteiger partial charge in [0.05, 0.1) is 30.6 Å². The molecule has 1 saturated carbocycles. The van der Waals surface area contributed by atoms with Crippen molar-refractivity contribution in [1.82, 2.24) is 14.8 Å². The number of carbonyl (C=O) groups excluding carboxylic acids is 2. The summed E-state index contributed by atoms with van der Waals surface area (Å²) in [6.45, 7) is 5.49. The summed E-state index contributed by atoms with van der Waals surface area (Å²) in [5, 5.41) is 12.9. The minimum absolute atomic E-state index is 0.188. The number of thioether (sulfide) groups is 1. The van der Waals surface area contributed by atoms with Crippen molar-refractivity contribution in [3.63, 3.8) is 0 Å². The summed E-state index contributed by atoms with van der Waals surface area (Å²) in [5.41, 5.74) is 0.398. The van der Waals surface area contributed by atoms with Crippen LogP contribution in [0.3, 0.4) is 0 Å². The highest BCUT2D eigenvalue weighted by molar-refractivity contribution is 7.99. The minimum Gasteiger partial charge on any atom is -0.462 e. The number of rotatable bonds is 9. The molecule has 2 aromatic rings. The Labute approximate surface area is 183 Å². The Kier molecular flexibility index (Phi) is 6.74. The van der Waals surface area contributed by atoms with Gasteiger partial charge in [-0.15, -0.1) is 21.5 Å². The lowest BCUT2D eigenvalue weighted by atomic mass is 10.2. The maximum absolute atomic E-state index is 12.6. The van der Waals surface area contributed by atoms with Gasteiger partial charge in [0.1, 0.15) is 10.8 Å². The first kappa shape index (κ1) is 21.3. The Morgan fingerprint density at radius 1 is 1.37 bits per heavy atom. The van der Waals surface area contributed by atoms with E-state index in [-0.39, 0.29) is 17.8 Å². The number of amides is 1. The predicted octanol–water partition coefficient (Wildman–Crippen LogP) is 3.61. The topological polar surface area (TPSA) is 95.3 Å². The maximum atomic E-state index is 12.6. The van der Waals surface area contributed by atoms with E-state index in [4.69, 9.17) is 9.47 Å². The third kappa shape index (κ3) is 5.04. The van der Waals surface area contributed by atoms with Crippen LogP contribution >= 0.6 is 23.1 Å². The molecule has 1 amide bonds. The summed E-state index contributed by atoms with van der Waals surface area (Å²) in [6, 6.07) is 1.74. The van der Waals surface area contributed by atoms with Gasteiger partial charge in [0, 0.05) is 17.4 Å². The second-order valence-corrected chi connectivity index (χ2v) is 9.72. The molecule has 8 nitrogen and oxygen atoms in total. The molecule has 3 heterocycles. The van der Waals surface area contributed by atoms with E-state index in [0.29, 0.717) is 23.1 Å². The largest absolute Gasteiger partial charge is 0.462 e. The monoisotopic (exact) mass is 450 g/mol. The molecule has 0 aromatic carbocycles. The van der Waals surface area contributed by atoms with E-state index in [0.717, 1.165) is 54.7 Å². The molecule has 10 heteroatoms. The van der Waals surface area contributed by atoms with Gasteiger partial charge < -0.3 is 19.4 Å². The third-order valence-corrected chi connectivity index (χ3v) is 6.97. The van der Waals surface area contributed by atoms with E-state index in [1.54, 1.807) is 13.0 Å². The predicted molar refractivity (Wildman–Crippen MR) is 115 cm³/mol. The van der Waals surface area contributed by atoms with Crippen LogP contribution in [0.5, 0.6) is 0 Å². The van der Waals surface area contributed by atoms with Gasteiger partial charge in [-0.2, -0.15) is 0 Å². The average molecular weight is 451 g/mol. The lowest BCUT2D eigenvalue weighted by Crippen LogP contribution is -2.19. The Hall–Kier alpha value is -1.91. The first-order valence-corrected chi connectivity index (χ1v) is 12.1. The Morgan fingerprint density at radius 3 is 2.90 bits per heavy atom. The Balaban J connectivity index is 1.40. The summed E-state index contributed by atoms with van der Waals surface area (Å²) in [7, 11) is 0. The van der Waals surface area contributed by atoms with E-state index in [2.05, 4.69) is 20.1 Å². The second-order valence-electron chi connectivity index (χ2n) is 7.52. The molecule has 2 fully saturated rings. The molecule has 1 N–H and O–H groups in total. The molecular weight excluding hydrogens is 424 g/mol. The van der Waals surface area contributed by atoms with Crippen molar-refractivity contribution in [2.45, 2.75) is 63.3 Å². The quantitative estimate of drug-likeness (QED) is 0.460. The minimum atomic E-state index is -0.421. The number of nitrogens with zero attached hydrogens (tertiary/aromatic N) is 3. The standard InChI is InChI=1S/C20H26N4O4S2/c1-3-27-19(26)15-9-12(2)30-18(15)21-16(25)11-29-20-23-22-17(13-6-7-13)24(20)10-14-5-4-8-28-14/h9,13-14H,3-8,10-11H2,1-2H3,(H,21,25). The van der Waals surface area contributed by atoms with Crippen LogP contribution in [0.15, 0.2) is 11.2 Å². The van der Waals surface area contributed by atoms with Gasteiger partial charge in [0.15, 0.2) is 5.16 Å². The summed E-state index contributed by atoms with van der Waals surface area (Å²) >= 11 is 2.73. The Morgan fingerprint density at radius 2 is 2.20 bits per heavy atom. The zero-order valence-electron chi connectivity index (χ0n) is 17.2. The molecule has 2 aliphatic rings. The summed E-state index contributed by atoms with van der Waals surface area (Å²) in [5.74, 6) is 1.06. The average Bonchev–Trinajstić information content (AvgIpc) is 3.10. The molecule has 1 unspecified atom stereocenters. The number of carbonyl (C=O) groups is 2. The number of esters is 1. The van der Waals surface area contributed by atoms with Gasteiger partial charge in [-0.1, -0.05) is 11.8 Å². The van der Waals surface area contributed by atoms with Gasteiger partial charge in [-0.25, -0.2) is 4.79 Å². The third-order valence-electron chi connectivity index (χ3n) is 5.03. The van der Waals surface area contributed by atoms with Crippen LogP contribution < -0.4 is 5.32 Å². The van der Waals surface area contributed by atoms with Gasteiger partial charge in [-0.05, 0) is 45.6 Å². The van der Waals surface area contributed by atoms with Crippen LogP contribution in [0.25, 0.3) is 0 Å². The summed E-state index contributed by atoms with van der Waals surface area (Å²) < 4.78 is 13.0. The highest BCUT2D eigenvalue weighted by Gasteiger charge is 2.32. The first-order valence-electron chi connectivity index (χ1n) is 10.3. The summed E-state index contributed by atoms with van der Waals surface area (Å²) in [6.07, 6.45) is 4.60. The van der Waals surface area contributed by atoms with Crippen LogP contribution in [0.4, 0.5) is 5.00 Å². The molecular formula is C20H26N4O4S2. The van der Waals surface area contributed by atoms with Crippen LogP contribution in [-0.2, 0) is 20.8 Å². The van der Waals surface area contributed by atoms with Crippen LogP contribution in [0, 0.1) is 6.92 Å². The molecule has 1 saturated heterocycles. The Bertz CT molecular complexity index is 916. The SMILES string of the molecule is CCOC(=O)c1cc(C)sc1NC(=O)CSc1nnc(C2CC2)n1CC1CCCO1. The number of anilines is 1. The molecule has 0 bridgehead atoms. The fraction of sp³-hybridized carbons (Fsp3) is 0.600. The molecule has 0 radical (unpaired) electrons. The van der Waals surface area contributed by atoms with Gasteiger partial charge in [0.2, 0.25) is 5.91 Å². The van der Waals surface area contributed by atoms with Crippen molar-refractivity contribution in [2.24, 2.45) is 0 Å². The van der Waals surface area contributed by atoms with Crippen molar-refractivity contribution >= 4 is 40.0 Å². The van der Waals surface area contributed by atoms with E-state index in [1.165, 1.54) is 23.1 Å². The highest BCUT2D eigenvalue weighted by atomic mass is 32.2. The molecule has 30 heavy (non-hydrogen) atoms. The molecule has 1 aliphatic heterocycles. The summed E-state index contributed by atoms with van der Waals surface area (Å²) in [4.78, 5) is 25.6.